The van der Waals surface area contributed by atoms with Crippen LogP contribution in [0.2, 0.25) is 5.02 Å². The third kappa shape index (κ3) is 2.20. The van der Waals surface area contributed by atoms with Crippen molar-refractivity contribution in [1.82, 2.24) is 0 Å². The number of benzene rings is 1. The first-order valence-corrected chi connectivity index (χ1v) is 4.57. The Morgan fingerprint density at radius 2 is 2.15 bits per heavy atom. The van der Waals surface area contributed by atoms with Crippen molar-refractivity contribution >= 4 is 11.6 Å². The summed E-state index contributed by atoms with van der Waals surface area (Å²) in [6, 6.07) is 2.83. The van der Waals surface area contributed by atoms with E-state index in [1.54, 1.807) is 19.9 Å². The highest BCUT2D eigenvalue weighted by Crippen LogP contribution is 2.25. The van der Waals surface area contributed by atoms with E-state index in [4.69, 9.17) is 11.6 Å². The van der Waals surface area contributed by atoms with Crippen molar-refractivity contribution in [3.05, 3.63) is 34.1 Å². The summed E-state index contributed by atoms with van der Waals surface area (Å²) in [5, 5.41) is 9.84. The molecule has 0 heterocycles. The maximum atomic E-state index is 13.2. The average Bonchev–Trinajstić information content (AvgIpc) is 2.10. The van der Waals surface area contributed by atoms with Crippen LogP contribution < -0.4 is 0 Å². The lowest BCUT2D eigenvalue weighted by molar-refractivity contribution is 0.169. The first kappa shape index (κ1) is 10.5. The molecular formula is C10H12ClFO. The lowest BCUT2D eigenvalue weighted by atomic mass is 10.0. The molecule has 0 bridgehead atoms. The second kappa shape index (κ2) is 4.07. The lowest BCUT2D eigenvalue weighted by Crippen LogP contribution is -1.99. The zero-order valence-electron chi connectivity index (χ0n) is 7.64. The number of aryl methyl sites for hydroxylation is 1. The van der Waals surface area contributed by atoms with Crippen LogP contribution in [0.15, 0.2) is 12.1 Å². The van der Waals surface area contributed by atoms with E-state index < -0.39 is 11.9 Å². The van der Waals surface area contributed by atoms with Crippen LogP contribution in [0, 0.1) is 12.7 Å². The highest BCUT2D eigenvalue weighted by atomic mass is 35.5. The van der Waals surface area contributed by atoms with E-state index in [1.165, 1.54) is 6.07 Å². The van der Waals surface area contributed by atoms with Gasteiger partial charge in [0, 0.05) is 10.6 Å². The van der Waals surface area contributed by atoms with E-state index in [1.807, 2.05) is 0 Å². The highest BCUT2D eigenvalue weighted by molar-refractivity contribution is 6.31. The number of rotatable bonds is 2. The van der Waals surface area contributed by atoms with Crippen LogP contribution in [0.1, 0.15) is 30.6 Å². The highest BCUT2D eigenvalue weighted by Gasteiger charge is 2.12. The minimum Gasteiger partial charge on any atom is -0.388 e. The van der Waals surface area contributed by atoms with Gasteiger partial charge >= 0.3 is 0 Å². The van der Waals surface area contributed by atoms with Crippen LogP contribution in [0.4, 0.5) is 4.39 Å². The van der Waals surface area contributed by atoms with E-state index in [2.05, 4.69) is 0 Å². The van der Waals surface area contributed by atoms with Crippen molar-refractivity contribution in [2.45, 2.75) is 26.4 Å². The van der Waals surface area contributed by atoms with E-state index in [9.17, 15) is 9.50 Å². The molecule has 1 unspecified atom stereocenters. The van der Waals surface area contributed by atoms with Crippen molar-refractivity contribution in [1.29, 1.82) is 0 Å². The van der Waals surface area contributed by atoms with Crippen LogP contribution in [0.5, 0.6) is 0 Å². The second-order valence-corrected chi connectivity index (χ2v) is 3.45. The van der Waals surface area contributed by atoms with Gasteiger partial charge < -0.3 is 5.11 Å². The predicted octanol–water partition coefficient (Wildman–Crippen LogP) is 3.23. The molecule has 0 spiro atoms. The molecule has 0 saturated heterocycles. The second-order valence-electron chi connectivity index (χ2n) is 3.05. The molecule has 1 rings (SSSR count). The van der Waals surface area contributed by atoms with Gasteiger partial charge in [0.15, 0.2) is 0 Å². The van der Waals surface area contributed by atoms with Crippen molar-refractivity contribution in [2.24, 2.45) is 0 Å². The molecule has 1 atom stereocenters. The van der Waals surface area contributed by atoms with Crippen LogP contribution in [-0.4, -0.2) is 5.11 Å². The SMILES string of the molecule is CCC(O)c1cc(C)c(Cl)cc1F. The van der Waals surface area contributed by atoms with Gasteiger partial charge in [0.25, 0.3) is 0 Å². The summed E-state index contributed by atoms with van der Waals surface area (Å²) in [6.07, 6.45) is -0.242. The molecular weight excluding hydrogens is 191 g/mol. The fraction of sp³-hybridized carbons (Fsp3) is 0.400. The van der Waals surface area contributed by atoms with Crippen LogP contribution in [0.25, 0.3) is 0 Å². The average molecular weight is 203 g/mol. The van der Waals surface area contributed by atoms with Gasteiger partial charge in [-0.3, -0.25) is 0 Å². The summed E-state index contributed by atoms with van der Waals surface area (Å²) in [4.78, 5) is 0. The summed E-state index contributed by atoms with van der Waals surface area (Å²) >= 11 is 5.71. The normalized spacial score (nSPS) is 13.0. The Morgan fingerprint density at radius 3 is 2.69 bits per heavy atom. The summed E-state index contributed by atoms with van der Waals surface area (Å²) in [7, 11) is 0. The van der Waals surface area contributed by atoms with Gasteiger partial charge in [-0.2, -0.15) is 0 Å². The Balaban J connectivity index is 3.15. The van der Waals surface area contributed by atoms with Gasteiger partial charge in [-0.05, 0) is 31.0 Å². The Labute approximate surface area is 82.2 Å². The number of hydrogen-bond donors (Lipinski definition) is 1. The van der Waals surface area contributed by atoms with Crippen molar-refractivity contribution in [2.75, 3.05) is 0 Å². The van der Waals surface area contributed by atoms with Crippen molar-refractivity contribution < 1.29 is 9.50 Å². The number of aliphatic hydroxyl groups is 1. The smallest absolute Gasteiger partial charge is 0.130 e. The largest absolute Gasteiger partial charge is 0.388 e. The summed E-state index contributed by atoms with van der Waals surface area (Å²) < 4.78 is 13.2. The molecule has 3 heteroatoms. The minimum atomic E-state index is -0.740. The standard InChI is InChI=1S/C10H12ClFO/c1-3-10(13)7-4-6(2)8(11)5-9(7)12/h4-5,10,13H,3H2,1-2H3. The predicted molar refractivity (Wildman–Crippen MR) is 51.4 cm³/mol. The van der Waals surface area contributed by atoms with Gasteiger partial charge in [0.2, 0.25) is 0 Å². The number of halogens is 2. The van der Waals surface area contributed by atoms with E-state index in [0.29, 0.717) is 17.0 Å². The molecule has 0 aliphatic carbocycles. The fourth-order valence-corrected chi connectivity index (χ4v) is 1.31. The molecule has 72 valence electrons. The quantitative estimate of drug-likeness (QED) is 0.781. The zero-order chi connectivity index (χ0) is 10.0. The van der Waals surface area contributed by atoms with Crippen LogP contribution >= 0.6 is 11.6 Å². The van der Waals surface area contributed by atoms with Gasteiger partial charge in [0.05, 0.1) is 6.10 Å². The number of hydrogen-bond acceptors (Lipinski definition) is 1. The Kier molecular flexibility index (Phi) is 3.28. The third-order valence-electron chi connectivity index (χ3n) is 2.02. The maximum absolute atomic E-state index is 13.2. The van der Waals surface area contributed by atoms with Gasteiger partial charge in [0.1, 0.15) is 5.82 Å². The Morgan fingerprint density at radius 1 is 1.54 bits per heavy atom. The molecule has 1 N–H and O–H groups in total. The molecule has 13 heavy (non-hydrogen) atoms. The van der Waals surface area contributed by atoms with Gasteiger partial charge in [-0.25, -0.2) is 4.39 Å². The molecule has 1 aromatic rings. The molecule has 1 nitrogen and oxygen atoms in total. The Hall–Kier alpha value is -0.600. The number of aliphatic hydroxyl groups excluding tert-OH is 1. The minimum absolute atomic E-state index is 0.324. The van der Waals surface area contributed by atoms with E-state index in [-0.39, 0.29) is 0 Å². The molecule has 0 saturated carbocycles. The molecule has 0 aliphatic rings. The first-order chi connectivity index (χ1) is 6.06. The summed E-state index contributed by atoms with van der Waals surface area (Å²) in [5.41, 5.74) is 1.11. The summed E-state index contributed by atoms with van der Waals surface area (Å²) in [6.45, 7) is 3.59. The van der Waals surface area contributed by atoms with Crippen LogP contribution in [0.3, 0.4) is 0 Å². The van der Waals surface area contributed by atoms with Gasteiger partial charge in [-0.15, -0.1) is 0 Å². The van der Waals surface area contributed by atoms with Crippen LogP contribution in [-0.2, 0) is 0 Å². The summed E-state index contributed by atoms with van der Waals surface area (Å²) in [5.74, 6) is -0.440. The van der Waals surface area contributed by atoms with Crippen molar-refractivity contribution in [3.8, 4) is 0 Å². The topological polar surface area (TPSA) is 20.2 Å². The molecule has 0 aliphatic heterocycles. The molecule has 0 aromatic heterocycles. The van der Waals surface area contributed by atoms with Gasteiger partial charge in [-0.1, -0.05) is 18.5 Å². The third-order valence-corrected chi connectivity index (χ3v) is 2.43. The maximum Gasteiger partial charge on any atom is 0.130 e. The molecule has 0 fully saturated rings. The Bertz CT molecular complexity index is 312. The van der Waals surface area contributed by atoms with E-state index in [0.717, 1.165) is 5.56 Å². The monoisotopic (exact) mass is 202 g/mol. The van der Waals surface area contributed by atoms with E-state index >= 15 is 0 Å². The zero-order valence-corrected chi connectivity index (χ0v) is 8.40. The lowest BCUT2D eigenvalue weighted by Gasteiger charge is -2.10. The van der Waals surface area contributed by atoms with Crippen molar-refractivity contribution in [3.63, 3.8) is 0 Å². The molecule has 0 radical (unpaired) electrons. The molecule has 1 aromatic carbocycles. The first-order valence-electron chi connectivity index (χ1n) is 4.19. The molecule has 0 amide bonds. The fourth-order valence-electron chi connectivity index (χ4n) is 1.15.